The van der Waals surface area contributed by atoms with E-state index < -0.39 is 0 Å². The highest BCUT2D eigenvalue weighted by atomic mass is 35.5. The molecule has 2 aromatic rings. The first kappa shape index (κ1) is 20.8. The van der Waals surface area contributed by atoms with E-state index in [1.807, 2.05) is 39.0 Å². The summed E-state index contributed by atoms with van der Waals surface area (Å²) in [5.74, 6) is 0.197. The molecule has 0 spiro atoms. The maximum absolute atomic E-state index is 12.8. The zero-order valence-electron chi connectivity index (χ0n) is 16.1. The van der Waals surface area contributed by atoms with Gasteiger partial charge in [-0.25, -0.2) is 0 Å². The first-order valence-electron chi connectivity index (χ1n) is 8.92. The number of benzene rings is 2. The number of amides is 2. The smallest absolute Gasteiger partial charge is 0.259 e. The predicted molar refractivity (Wildman–Crippen MR) is 108 cm³/mol. The van der Waals surface area contributed by atoms with Crippen molar-refractivity contribution in [3.8, 4) is 5.75 Å². The summed E-state index contributed by atoms with van der Waals surface area (Å²) in [4.78, 5) is 26.1. The molecule has 0 atom stereocenters. The van der Waals surface area contributed by atoms with Gasteiger partial charge >= 0.3 is 0 Å². The first-order valence-corrected chi connectivity index (χ1v) is 9.30. The summed E-state index contributed by atoms with van der Waals surface area (Å²) >= 11 is 6.06. The van der Waals surface area contributed by atoms with Crippen molar-refractivity contribution < 1.29 is 14.3 Å². The largest absolute Gasteiger partial charge is 0.490 e. The van der Waals surface area contributed by atoms with E-state index >= 15 is 0 Å². The van der Waals surface area contributed by atoms with Crippen LogP contribution in [0.15, 0.2) is 42.5 Å². The number of ether oxygens (including phenoxy) is 1. The van der Waals surface area contributed by atoms with Gasteiger partial charge in [0.1, 0.15) is 5.75 Å². The number of hydrogen-bond acceptors (Lipinski definition) is 3. The standard InChI is InChI=1S/C21H25ClN2O3/c1-5-24(15(4)25)13-16-7-6-8-18(11-16)23-21(26)19-12-17(22)9-10-20(19)27-14(2)3/h6-12,14H,5,13H2,1-4H3,(H,23,26). The molecule has 0 saturated heterocycles. The molecule has 0 radical (unpaired) electrons. The van der Waals surface area contributed by atoms with Crippen molar-refractivity contribution in [3.63, 3.8) is 0 Å². The lowest BCUT2D eigenvalue weighted by Crippen LogP contribution is -2.27. The van der Waals surface area contributed by atoms with Crippen LogP contribution in [-0.4, -0.2) is 29.4 Å². The highest BCUT2D eigenvalue weighted by molar-refractivity contribution is 6.31. The summed E-state index contributed by atoms with van der Waals surface area (Å²) in [6.07, 6.45) is -0.0624. The van der Waals surface area contributed by atoms with Crippen LogP contribution in [0.5, 0.6) is 5.75 Å². The summed E-state index contributed by atoms with van der Waals surface area (Å²) in [6.45, 7) is 8.40. The Kier molecular flexibility index (Phi) is 7.25. The van der Waals surface area contributed by atoms with Crippen LogP contribution in [0, 0.1) is 0 Å². The van der Waals surface area contributed by atoms with Crippen LogP contribution in [0.25, 0.3) is 0 Å². The molecule has 2 rings (SSSR count). The number of hydrogen-bond donors (Lipinski definition) is 1. The number of carbonyl (C=O) groups is 2. The van der Waals surface area contributed by atoms with E-state index in [-0.39, 0.29) is 17.9 Å². The molecule has 2 aromatic carbocycles. The molecule has 0 bridgehead atoms. The van der Waals surface area contributed by atoms with Crippen molar-refractivity contribution in [2.75, 3.05) is 11.9 Å². The van der Waals surface area contributed by atoms with Gasteiger partial charge in [-0.3, -0.25) is 9.59 Å². The fourth-order valence-electron chi connectivity index (χ4n) is 2.65. The Morgan fingerprint density at radius 1 is 1.19 bits per heavy atom. The average Bonchev–Trinajstić information content (AvgIpc) is 2.60. The number of nitrogens with zero attached hydrogens (tertiary/aromatic N) is 1. The van der Waals surface area contributed by atoms with E-state index in [1.165, 1.54) is 0 Å². The molecule has 27 heavy (non-hydrogen) atoms. The van der Waals surface area contributed by atoms with Gasteiger partial charge in [0.2, 0.25) is 5.91 Å². The molecule has 6 heteroatoms. The maximum Gasteiger partial charge on any atom is 0.259 e. The van der Waals surface area contributed by atoms with Crippen LogP contribution in [0.3, 0.4) is 0 Å². The first-order chi connectivity index (χ1) is 12.8. The molecule has 0 aliphatic rings. The van der Waals surface area contributed by atoms with E-state index in [1.54, 1.807) is 36.1 Å². The summed E-state index contributed by atoms with van der Waals surface area (Å²) in [5, 5.41) is 3.34. The second-order valence-electron chi connectivity index (χ2n) is 6.49. The van der Waals surface area contributed by atoms with E-state index in [2.05, 4.69) is 5.32 Å². The van der Waals surface area contributed by atoms with Crippen molar-refractivity contribution in [3.05, 3.63) is 58.6 Å². The van der Waals surface area contributed by atoms with Crippen LogP contribution in [0.1, 0.15) is 43.6 Å². The van der Waals surface area contributed by atoms with Gasteiger partial charge in [0.05, 0.1) is 11.7 Å². The van der Waals surface area contributed by atoms with Crippen LogP contribution < -0.4 is 10.1 Å². The van der Waals surface area contributed by atoms with E-state index in [4.69, 9.17) is 16.3 Å². The predicted octanol–water partition coefficient (Wildman–Crippen LogP) is 4.75. The number of anilines is 1. The van der Waals surface area contributed by atoms with Gasteiger partial charge < -0.3 is 15.0 Å². The van der Waals surface area contributed by atoms with Crippen LogP contribution >= 0.6 is 11.6 Å². The molecule has 0 fully saturated rings. The minimum absolute atomic E-state index is 0.0151. The molecule has 0 heterocycles. The lowest BCUT2D eigenvalue weighted by Gasteiger charge is -2.19. The molecule has 144 valence electrons. The minimum atomic E-state index is -0.302. The van der Waals surface area contributed by atoms with Gasteiger partial charge in [-0.2, -0.15) is 0 Å². The average molecular weight is 389 g/mol. The molecule has 1 N–H and O–H groups in total. The third-order valence-electron chi connectivity index (χ3n) is 3.93. The number of halogens is 1. The molecular weight excluding hydrogens is 364 g/mol. The van der Waals surface area contributed by atoms with Crippen LogP contribution in [0.4, 0.5) is 5.69 Å². The van der Waals surface area contributed by atoms with Gasteiger partial charge in [-0.05, 0) is 56.7 Å². The number of carbonyl (C=O) groups excluding carboxylic acids is 2. The monoisotopic (exact) mass is 388 g/mol. The Labute approximate surface area is 165 Å². The molecular formula is C21H25ClN2O3. The van der Waals surface area contributed by atoms with Crippen molar-refractivity contribution in [2.45, 2.75) is 40.3 Å². The van der Waals surface area contributed by atoms with Crippen molar-refractivity contribution in [1.29, 1.82) is 0 Å². The SMILES string of the molecule is CCN(Cc1cccc(NC(=O)c2cc(Cl)ccc2OC(C)C)c1)C(C)=O. The Morgan fingerprint density at radius 2 is 1.93 bits per heavy atom. The van der Waals surface area contributed by atoms with Gasteiger partial charge in [-0.1, -0.05) is 23.7 Å². The van der Waals surface area contributed by atoms with Crippen LogP contribution in [-0.2, 0) is 11.3 Å². The molecule has 0 aromatic heterocycles. The minimum Gasteiger partial charge on any atom is -0.490 e. The summed E-state index contributed by atoms with van der Waals surface area (Å²) in [6, 6.07) is 12.4. The van der Waals surface area contributed by atoms with Gasteiger partial charge in [0, 0.05) is 30.7 Å². The Bertz CT molecular complexity index is 821. The zero-order chi connectivity index (χ0) is 20.0. The molecule has 5 nitrogen and oxygen atoms in total. The number of rotatable bonds is 7. The Morgan fingerprint density at radius 3 is 2.56 bits per heavy atom. The second-order valence-corrected chi connectivity index (χ2v) is 6.93. The molecule has 0 unspecified atom stereocenters. The number of nitrogens with one attached hydrogen (secondary N) is 1. The summed E-state index contributed by atoms with van der Waals surface area (Å²) in [5.41, 5.74) is 1.96. The highest BCUT2D eigenvalue weighted by Gasteiger charge is 2.15. The van der Waals surface area contributed by atoms with E-state index in [0.717, 1.165) is 5.56 Å². The molecule has 0 aliphatic heterocycles. The van der Waals surface area contributed by atoms with Crippen LogP contribution in [0.2, 0.25) is 5.02 Å². The summed E-state index contributed by atoms with van der Waals surface area (Å²) < 4.78 is 5.71. The van der Waals surface area contributed by atoms with E-state index in [0.29, 0.717) is 35.1 Å². The van der Waals surface area contributed by atoms with Gasteiger partial charge in [0.15, 0.2) is 0 Å². The maximum atomic E-state index is 12.8. The topological polar surface area (TPSA) is 58.6 Å². The lowest BCUT2D eigenvalue weighted by atomic mass is 10.1. The van der Waals surface area contributed by atoms with E-state index in [9.17, 15) is 9.59 Å². The zero-order valence-corrected chi connectivity index (χ0v) is 16.8. The Hall–Kier alpha value is -2.53. The fourth-order valence-corrected chi connectivity index (χ4v) is 2.82. The normalized spacial score (nSPS) is 10.6. The molecule has 0 aliphatic carbocycles. The quantitative estimate of drug-likeness (QED) is 0.744. The summed E-state index contributed by atoms with van der Waals surface area (Å²) in [7, 11) is 0. The van der Waals surface area contributed by atoms with Gasteiger partial charge in [0.25, 0.3) is 5.91 Å². The fraction of sp³-hybridized carbons (Fsp3) is 0.333. The van der Waals surface area contributed by atoms with Gasteiger partial charge in [-0.15, -0.1) is 0 Å². The lowest BCUT2D eigenvalue weighted by molar-refractivity contribution is -0.129. The molecule has 0 saturated carbocycles. The van der Waals surface area contributed by atoms with Crippen molar-refractivity contribution in [2.24, 2.45) is 0 Å². The highest BCUT2D eigenvalue weighted by Crippen LogP contribution is 2.25. The van der Waals surface area contributed by atoms with Crippen molar-refractivity contribution >= 4 is 29.1 Å². The van der Waals surface area contributed by atoms with Crippen molar-refractivity contribution in [1.82, 2.24) is 4.90 Å². The Balaban J connectivity index is 2.20. The second kappa shape index (κ2) is 9.42. The molecule has 2 amide bonds. The third-order valence-corrected chi connectivity index (χ3v) is 4.17. The third kappa shape index (κ3) is 6.00.